The summed E-state index contributed by atoms with van der Waals surface area (Å²) in [6, 6.07) is 0. The third kappa shape index (κ3) is 2.18. The van der Waals surface area contributed by atoms with E-state index in [1.54, 1.807) is 0 Å². The SMILES string of the molecule is CC(C)(C)[Si](C)(C)[Si](C)(C)C. The molecule has 11 heavy (non-hydrogen) atoms. The number of hydrogen-bond donors (Lipinski definition) is 0. The minimum atomic E-state index is -0.968. The van der Waals surface area contributed by atoms with Crippen molar-refractivity contribution >= 4 is 15.2 Å². The van der Waals surface area contributed by atoms with Crippen LogP contribution in [0.3, 0.4) is 0 Å². The molecule has 0 rings (SSSR count). The van der Waals surface area contributed by atoms with Gasteiger partial charge in [0.15, 0.2) is 0 Å². The van der Waals surface area contributed by atoms with Crippen molar-refractivity contribution in [1.82, 2.24) is 0 Å². The largest absolute Gasteiger partial charge is 0.0715 e. The van der Waals surface area contributed by atoms with E-state index in [0.717, 1.165) is 0 Å². The van der Waals surface area contributed by atoms with Gasteiger partial charge in [0.25, 0.3) is 0 Å². The van der Waals surface area contributed by atoms with E-state index in [2.05, 4.69) is 53.5 Å². The average molecular weight is 188 g/mol. The Kier molecular flexibility index (Phi) is 2.84. The van der Waals surface area contributed by atoms with Crippen LogP contribution in [-0.2, 0) is 0 Å². The van der Waals surface area contributed by atoms with Crippen LogP contribution in [0.15, 0.2) is 0 Å². The van der Waals surface area contributed by atoms with Gasteiger partial charge in [-0.05, 0) is 5.04 Å². The topological polar surface area (TPSA) is 0 Å². The van der Waals surface area contributed by atoms with Crippen molar-refractivity contribution in [3.05, 3.63) is 0 Å². The van der Waals surface area contributed by atoms with E-state index in [1.165, 1.54) is 0 Å². The Balaban J connectivity index is 4.75. The van der Waals surface area contributed by atoms with Gasteiger partial charge in [0, 0.05) is 15.2 Å². The minimum absolute atomic E-state index is 0.581. The van der Waals surface area contributed by atoms with Crippen LogP contribution in [0.4, 0.5) is 0 Å². The quantitative estimate of drug-likeness (QED) is 0.547. The maximum atomic E-state index is 2.55. The average Bonchev–Trinajstić information content (AvgIpc) is 1.58. The van der Waals surface area contributed by atoms with Crippen molar-refractivity contribution in [1.29, 1.82) is 0 Å². The van der Waals surface area contributed by atoms with Crippen LogP contribution < -0.4 is 0 Å². The Labute approximate surface area is 74.2 Å². The molecule has 0 N–H and O–H groups in total. The van der Waals surface area contributed by atoms with Crippen LogP contribution >= 0.6 is 0 Å². The van der Waals surface area contributed by atoms with Gasteiger partial charge in [0.2, 0.25) is 0 Å². The van der Waals surface area contributed by atoms with Crippen molar-refractivity contribution in [3.63, 3.8) is 0 Å². The summed E-state index contributed by atoms with van der Waals surface area (Å²) in [5.74, 6) is 0. The highest BCUT2D eigenvalue weighted by molar-refractivity contribution is 7.41. The normalized spacial score (nSPS) is 15.3. The van der Waals surface area contributed by atoms with Gasteiger partial charge in [-0.15, -0.1) is 0 Å². The summed E-state index contributed by atoms with van der Waals surface area (Å²) in [5, 5.41) is 0.581. The molecule has 0 nitrogen and oxygen atoms in total. The van der Waals surface area contributed by atoms with Crippen molar-refractivity contribution in [3.8, 4) is 0 Å². The molecule has 0 heterocycles. The Morgan fingerprint density at radius 2 is 1.00 bits per heavy atom. The predicted octanol–water partition coefficient (Wildman–Crippen LogP) is 3.91. The monoisotopic (exact) mass is 188 g/mol. The lowest BCUT2D eigenvalue weighted by Crippen LogP contribution is -2.58. The van der Waals surface area contributed by atoms with E-state index in [-0.39, 0.29) is 0 Å². The zero-order valence-corrected chi connectivity index (χ0v) is 11.5. The summed E-state index contributed by atoms with van der Waals surface area (Å²) >= 11 is 0. The van der Waals surface area contributed by atoms with Gasteiger partial charge in [0.1, 0.15) is 0 Å². The lowest BCUT2D eigenvalue weighted by molar-refractivity contribution is 0.732. The summed E-state index contributed by atoms with van der Waals surface area (Å²) in [7, 11) is -1.85. The summed E-state index contributed by atoms with van der Waals surface area (Å²) < 4.78 is 0. The van der Waals surface area contributed by atoms with Gasteiger partial charge in [-0.25, -0.2) is 0 Å². The number of rotatable bonds is 1. The van der Waals surface area contributed by atoms with E-state index in [0.29, 0.717) is 5.04 Å². The molecule has 0 aromatic carbocycles. The minimum Gasteiger partial charge on any atom is -0.0715 e. The first kappa shape index (κ1) is 11.4. The fourth-order valence-electron chi connectivity index (χ4n) is 1.12. The van der Waals surface area contributed by atoms with Crippen molar-refractivity contribution < 1.29 is 0 Å². The first-order valence-corrected chi connectivity index (χ1v) is 12.0. The molecule has 0 aromatic rings. The molecule has 0 bridgehead atoms. The summed E-state index contributed by atoms with van der Waals surface area (Å²) in [6.07, 6.45) is 0. The van der Waals surface area contributed by atoms with Gasteiger partial charge in [-0.3, -0.25) is 0 Å². The molecule has 0 atom stereocenters. The standard InChI is InChI=1S/C9H24Si2/c1-9(2,3)11(7,8)10(4,5)6/h1-8H3. The molecule has 0 amide bonds. The zero-order chi connectivity index (χ0) is 9.50. The Morgan fingerprint density at radius 3 is 1.00 bits per heavy atom. The lowest BCUT2D eigenvalue weighted by Gasteiger charge is -2.46. The van der Waals surface area contributed by atoms with E-state index >= 15 is 0 Å². The van der Waals surface area contributed by atoms with E-state index in [9.17, 15) is 0 Å². The smallest absolute Gasteiger partial charge is 0.0463 e. The second-order valence-corrected chi connectivity index (χ2v) is 23.6. The maximum Gasteiger partial charge on any atom is 0.0463 e. The Hall–Kier alpha value is 0.434. The van der Waals surface area contributed by atoms with Crippen molar-refractivity contribution in [2.75, 3.05) is 0 Å². The van der Waals surface area contributed by atoms with Gasteiger partial charge in [-0.2, -0.15) is 0 Å². The zero-order valence-electron chi connectivity index (χ0n) is 9.50. The molecule has 68 valence electrons. The highest BCUT2D eigenvalue weighted by Gasteiger charge is 2.45. The van der Waals surface area contributed by atoms with Gasteiger partial charge < -0.3 is 0 Å². The molecule has 0 fully saturated rings. The lowest BCUT2D eigenvalue weighted by atomic mass is 10.2. The van der Waals surface area contributed by atoms with E-state index < -0.39 is 15.2 Å². The second kappa shape index (κ2) is 2.73. The van der Waals surface area contributed by atoms with Crippen LogP contribution in [-0.4, -0.2) is 15.2 Å². The summed E-state index contributed by atoms with van der Waals surface area (Å²) in [6.45, 7) is 19.9. The van der Waals surface area contributed by atoms with E-state index in [4.69, 9.17) is 0 Å². The van der Waals surface area contributed by atoms with Crippen molar-refractivity contribution in [2.24, 2.45) is 0 Å². The van der Waals surface area contributed by atoms with Crippen LogP contribution in [0.1, 0.15) is 20.8 Å². The molecular weight excluding hydrogens is 164 g/mol. The highest BCUT2D eigenvalue weighted by Crippen LogP contribution is 2.41. The molecular formula is C9H24Si2. The van der Waals surface area contributed by atoms with Crippen LogP contribution in [0.25, 0.3) is 0 Å². The van der Waals surface area contributed by atoms with Crippen LogP contribution in [0, 0.1) is 0 Å². The highest BCUT2D eigenvalue weighted by atomic mass is 29.3. The predicted molar refractivity (Wildman–Crippen MR) is 60.5 cm³/mol. The van der Waals surface area contributed by atoms with E-state index in [1.807, 2.05) is 0 Å². The van der Waals surface area contributed by atoms with Crippen molar-refractivity contribution in [2.45, 2.75) is 58.5 Å². The molecule has 0 saturated carbocycles. The van der Waals surface area contributed by atoms with Crippen LogP contribution in [0.5, 0.6) is 0 Å². The maximum absolute atomic E-state index is 2.55. The third-order valence-electron chi connectivity index (χ3n) is 3.75. The second-order valence-electron chi connectivity index (χ2n) is 6.12. The Morgan fingerprint density at radius 1 is 0.727 bits per heavy atom. The molecule has 0 saturated heterocycles. The molecule has 2 heteroatoms. The third-order valence-corrected chi connectivity index (χ3v) is 24.8. The fourth-order valence-corrected chi connectivity index (χ4v) is 10.1. The first-order chi connectivity index (χ1) is 4.50. The summed E-state index contributed by atoms with van der Waals surface area (Å²) in [4.78, 5) is 0. The fraction of sp³-hybridized carbons (Fsp3) is 1.00. The molecule has 0 unspecified atom stereocenters. The van der Waals surface area contributed by atoms with Gasteiger partial charge in [0.05, 0.1) is 0 Å². The molecule has 0 aliphatic carbocycles. The Bertz CT molecular complexity index is 119. The first-order valence-electron chi connectivity index (χ1n) is 4.50. The van der Waals surface area contributed by atoms with Crippen LogP contribution in [0.2, 0.25) is 37.8 Å². The molecule has 0 aliphatic heterocycles. The number of hydrogen-bond acceptors (Lipinski definition) is 0. The molecule has 0 aromatic heterocycles. The molecule has 0 aliphatic rings. The van der Waals surface area contributed by atoms with Gasteiger partial charge in [-0.1, -0.05) is 53.5 Å². The molecule has 0 spiro atoms. The van der Waals surface area contributed by atoms with Gasteiger partial charge >= 0.3 is 0 Å². The summed E-state index contributed by atoms with van der Waals surface area (Å²) in [5.41, 5.74) is 0. The molecule has 0 radical (unpaired) electrons.